The zero-order valence-corrected chi connectivity index (χ0v) is 10.9. The minimum Gasteiger partial charge on any atom is -0.478 e. The predicted octanol–water partition coefficient (Wildman–Crippen LogP) is 3.10. The maximum atomic E-state index is 12.4. The van der Waals surface area contributed by atoms with Crippen LogP contribution >= 0.6 is 0 Å². The van der Waals surface area contributed by atoms with Gasteiger partial charge in [-0.2, -0.15) is 0 Å². The van der Waals surface area contributed by atoms with Gasteiger partial charge in [-0.05, 0) is 48.6 Å². The number of hydrogen-bond acceptors (Lipinski definition) is 2. The molecule has 3 nitrogen and oxygen atoms in total. The Hall–Kier alpha value is -2.42. The third-order valence-electron chi connectivity index (χ3n) is 3.73. The first-order valence-electron chi connectivity index (χ1n) is 6.65. The molecule has 100 valence electrons. The Morgan fingerprint density at radius 3 is 2.35 bits per heavy atom. The Morgan fingerprint density at radius 1 is 0.850 bits per heavy atom. The van der Waals surface area contributed by atoms with E-state index in [0.717, 1.165) is 19.3 Å². The summed E-state index contributed by atoms with van der Waals surface area (Å²) in [5, 5.41) is 8.98. The fourth-order valence-electron chi connectivity index (χ4n) is 2.67. The summed E-state index contributed by atoms with van der Waals surface area (Å²) in [6.07, 6.45) is 3.24. The maximum absolute atomic E-state index is 12.4. The highest BCUT2D eigenvalue weighted by atomic mass is 16.4. The van der Waals surface area contributed by atoms with Crippen LogP contribution in [-0.2, 0) is 12.8 Å². The molecule has 1 aliphatic carbocycles. The lowest BCUT2D eigenvalue weighted by Crippen LogP contribution is -2.05. The molecule has 2 aromatic rings. The molecule has 1 N–H and O–H groups in total. The van der Waals surface area contributed by atoms with Crippen LogP contribution < -0.4 is 0 Å². The van der Waals surface area contributed by atoms with Crippen molar-refractivity contribution in [2.45, 2.75) is 19.3 Å². The van der Waals surface area contributed by atoms with Gasteiger partial charge in [0.05, 0.1) is 5.56 Å². The van der Waals surface area contributed by atoms with E-state index in [-0.39, 0.29) is 11.3 Å². The molecule has 0 saturated carbocycles. The normalized spacial score (nSPS) is 13.0. The van der Waals surface area contributed by atoms with Gasteiger partial charge in [0.15, 0.2) is 5.78 Å². The van der Waals surface area contributed by atoms with Gasteiger partial charge in [0, 0.05) is 11.1 Å². The molecule has 2 aromatic carbocycles. The first-order valence-corrected chi connectivity index (χ1v) is 6.65. The molecule has 20 heavy (non-hydrogen) atoms. The lowest BCUT2D eigenvalue weighted by Gasteiger charge is -2.05. The second kappa shape index (κ2) is 4.93. The zero-order chi connectivity index (χ0) is 14.1. The molecular formula is C17H14O3. The predicted molar refractivity (Wildman–Crippen MR) is 75.3 cm³/mol. The van der Waals surface area contributed by atoms with E-state index in [1.54, 1.807) is 12.1 Å². The van der Waals surface area contributed by atoms with Crippen molar-refractivity contribution in [3.05, 3.63) is 70.3 Å². The van der Waals surface area contributed by atoms with Crippen molar-refractivity contribution in [3.63, 3.8) is 0 Å². The van der Waals surface area contributed by atoms with Crippen LogP contribution in [-0.4, -0.2) is 16.9 Å². The van der Waals surface area contributed by atoms with E-state index in [4.69, 9.17) is 5.11 Å². The van der Waals surface area contributed by atoms with Crippen LogP contribution in [0.5, 0.6) is 0 Å². The van der Waals surface area contributed by atoms with E-state index in [1.165, 1.54) is 23.3 Å². The molecule has 3 rings (SSSR count). The molecule has 0 radical (unpaired) electrons. The SMILES string of the molecule is O=C(O)c1cccc(C(=O)c2ccc3c(c2)CCC3)c1. The number of carbonyl (C=O) groups is 2. The summed E-state index contributed by atoms with van der Waals surface area (Å²) in [6, 6.07) is 12.0. The van der Waals surface area contributed by atoms with E-state index in [9.17, 15) is 9.59 Å². The molecule has 0 aliphatic heterocycles. The highest BCUT2D eigenvalue weighted by Crippen LogP contribution is 2.24. The van der Waals surface area contributed by atoms with Gasteiger partial charge < -0.3 is 5.11 Å². The maximum Gasteiger partial charge on any atom is 0.335 e. The largest absolute Gasteiger partial charge is 0.478 e. The third-order valence-corrected chi connectivity index (χ3v) is 3.73. The number of carboxylic acid groups (broad SMARTS) is 1. The van der Waals surface area contributed by atoms with Crippen LogP contribution in [0.4, 0.5) is 0 Å². The number of aryl methyl sites for hydroxylation is 2. The van der Waals surface area contributed by atoms with E-state index in [1.807, 2.05) is 18.2 Å². The van der Waals surface area contributed by atoms with Crippen molar-refractivity contribution in [1.82, 2.24) is 0 Å². The van der Waals surface area contributed by atoms with Crippen LogP contribution in [0.1, 0.15) is 43.8 Å². The van der Waals surface area contributed by atoms with E-state index < -0.39 is 5.97 Å². The zero-order valence-electron chi connectivity index (χ0n) is 10.9. The van der Waals surface area contributed by atoms with Gasteiger partial charge >= 0.3 is 5.97 Å². The molecule has 0 atom stereocenters. The van der Waals surface area contributed by atoms with Crippen LogP contribution in [0.3, 0.4) is 0 Å². The van der Waals surface area contributed by atoms with Gasteiger partial charge in [0.1, 0.15) is 0 Å². The quantitative estimate of drug-likeness (QED) is 0.868. The fourth-order valence-corrected chi connectivity index (χ4v) is 2.67. The van der Waals surface area contributed by atoms with Crippen LogP contribution in [0.2, 0.25) is 0 Å². The lowest BCUT2D eigenvalue weighted by molar-refractivity contribution is 0.0697. The van der Waals surface area contributed by atoms with Crippen molar-refractivity contribution in [2.24, 2.45) is 0 Å². The van der Waals surface area contributed by atoms with E-state index >= 15 is 0 Å². The summed E-state index contributed by atoms with van der Waals surface area (Å²) in [7, 11) is 0. The van der Waals surface area contributed by atoms with Crippen LogP contribution in [0.15, 0.2) is 42.5 Å². The number of ketones is 1. The molecule has 0 heterocycles. The number of hydrogen-bond donors (Lipinski definition) is 1. The summed E-state index contributed by atoms with van der Waals surface area (Å²) in [5.74, 6) is -1.14. The number of fused-ring (bicyclic) bond motifs is 1. The number of rotatable bonds is 3. The molecule has 0 spiro atoms. The monoisotopic (exact) mass is 266 g/mol. The topological polar surface area (TPSA) is 54.4 Å². The molecular weight excluding hydrogens is 252 g/mol. The average Bonchev–Trinajstić information content (AvgIpc) is 2.94. The highest BCUT2D eigenvalue weighted by molar-refractivity contribution is 6.10. The van der Waals surface area contributed by atoms with Gasteiger partial charge in [-0.1, -0.05) is 24.3 Å². The number of carboxylic acids is 1. The molecule has 3 heteroatoms. The standard InChI is InChI=1S/C17H14O3/c18-16(13-5-2-6-15(10-13)17(19)20)14-8-7-11-3-1-4-12(11)9-14/h2,5-10H,1,3-4H2,(H,19,20). The highest BCUT2D eigenvalue weighted by Gasteiger charge is 2.16. The van der Waals surface area contributed by atoms with Crippen LogP contribution in [0.25, 0.3) is 0 Å². The summed E-state index contributed by atoms with van der Waals surface area (Å²) in [5.41, 5.74) is 3.75. The summed E-state index contributed by atoms with van der Waals surface area (Å²) >= 11 is 0. The first kappa shape index (κ1) is 12.6. The second-order valence-electron chi connectivity index (χ2n) is 5.05. The Bertz CT molecular complexity index is 701. The van der Waals surface area contributed by atoms with Crippen LogP contribution in [0, 0.1) is 0 Å². The van der Waals surface area contributed by atoms with Crippen molar-refractivity contribution in [3.8, 4) is 0 Å². The molecule has 0 amide bonds. The number of benzene rings is 2. The molecule has 0 saturated heterocycles. The fraction of sp³-hybridized carbons (Fsp3) is 0.176. The molecule has 0 aromatic heterocycles. The van der Waals surface area contributed by atoms with E-state index in [0.29, 0.717) is 11.1 Å². The van der Waals surface area contributed by atoms with Crippen molar-refractivity contribution in [2.75, 3.05) is 0 Å². The van der Waals surface area contributed by atoms with Gasteiger partial charge in [0.2, 0.25) is 0 Å². The lowest BCUT2D eigenvalue weighted by atomic mass is 9.98. The van der Waals surface area contributed by atoms with E-state index in [2.05, 4.69) is 0 Å². The van der Waals surface area contributed by atoms with Crippen molar-refractivity contribution >= 4 is 11.8 Å². The smallest absolute Gasteiger partial charge is 0.335 e. The first-order chi connectivity index (χ1) is 9.65. The molecule has 0 fully saturated rings. The number of carbonyl (C=O) groups excluding carboxylic acids is 1. The third kappa shape index (κ3) is 2.23. The van der Waals surface area contributed by atoms with Gasteiger partial charge in [-0.3, -0.25) is 4.79 Å². The van der Waals surface area contributed by atoms with Gasteiger partial charge in [-0.25, -0.2) is 4.79 Å². The molecule has 0 bridgehead atoms. The molecule has 1 aliphatic rings. The van der Waals surface area contributed by atoms with Crippen molar-refractivity contribution in [1.29, 1.82) is 0 Å². The Kier molecular flexibility index (Phi) is 3.11. The Balaban J connectivity index is 1.96. The summed E-state index contributed by atoms with van der Waals surface area (Å²) < 4.78 is 0. The summed E-state index contributed by atoms with van der Waals surface area (Å²) in [4.78, 5) is 23.4. The average molecular weight is 266 g/mol. The Labute approximate surface area is 116 Å². The van der Waals surface area contributed by atoms with Crippen molar-refractivity contribution < 1.29 is 14.7 Å². The Morgan fingerprint density at radius 2 is 1.55 bits per heavy atom. The number of aromatic carboxylic acids is 1. The summed E-state index contributed by atoms with van der Waals surface area (Å²) in [6.45, 7) is 0. The minimum absolute atomic E-state index is 0.122. The minimum atomic E-state index is -1.02. The molecule has 0 unspecified atom stereocenters. The second-order valence-corrected chi connectivity index (χ2v) is 5.05. The van der Waals surface area contributed by atoms with Gasteiger partial charge in [-0.15, -0.1) is 0 Å². The van der Waals surface area contributed by atoms with Gasteiger partial charge in [0.25, 0.3) is 0 Å².